The fourth-order valence-corrected chi connectivity index (χ4v) is 2.92. The first-order valence-corrected chi connectivity index (χ1v) is 9.74. The van der Waals surface area contributed by atoms with Crippen LogP contribution in [0.3, 0.4) is 0 Å². The molecular weight excluding hydrogens is 500 g/mol. The third-order valence-electron chi connectivity index (χ3n) is 4.26. The molecule has 1 aliphatic rings. The van der Waals surface area contributed by atoms with E-state index in [1.165, 1.54) is 30.3 Å². The predicted octanol–water partition coefficient (Wildman–Crippen LogP) is 3.48. The van der Waals surface area contributed by atoms with Gasteiger partial charge in [-0.3, -0.25) is 0 Å². The second kappa shape index (κ2) is 11.5. The summed E-state index contributed by atoms with van der Waals surface area (Å²) in [5, 5.41) is 30.7. The smallest absolute Gasteiger partial charge is 0.336 e. The van der Waals surface area contributed by atoms with Crippen molar-refractivity contribution in [2.24, 2.45) is 32.6 Å². The first kappa shape index (κ1) is 27.4. The van der Waals surface area contributed by atoms with E-state index in [1.807, 2.05) is 19.9 Å². The van der Waals surface area contributed by atoms with Crippen molar-refractivity contribution in [2.75, 3.05) is 0 Å². The molecule has 36 heavy (non-hydrogen) atoms. The average molecular weight is 521 g/mol. The molecule has 4 aromatic rings. The molecule has 1 aliphatic heterocycles. The minimum Gasteiger partial charge on any atom is -0.504 e. The molecule has 0 amide bonds. The Balaban J connectivity index is 0.000000207. The Kier molecular flexibility index (Phi) is 8.77. The lowest BCUT2D eigenvalue weighted by Crippen LogP contribution is -2.29. The van der Waals surface area contributed by atoms with Gasteiger partial charge in [0, 0.05) is 48.9 Å². The molecular formula is C21H21ClN6O8. The Bertz CT molecular complexity index is 1520. The molecule has 0 atom stereocenters. The van der Waals surface area contributed by atoms with Crippen molar-refractivity contribution in [2.45, 2.75) is 19.6 Å². The normalized spacial score (nSPS) is 13.1. The van der Waals surface area contributed by atoms with Crippen molar-refractivity contribution in [3.05, 3.63) is 69.4 Å². The molecule has 2 aromatic carbocycles. The lowest BCUT2D eigenvalue weighted by molar-refractivity contribution is -0.0431. The number of rotatable bonds is 1. The SMILES string of the molecule is CC1(C)Oc2cc3ccc(=O)oc3cc2O1.Cl.N/N=N/N=N/N.O=c1ccc2cc(O)c(O)cc2o1. The van der Waals surface area contributed by atoms with Gasteiger partial charge < -0.3 is 40.2 Å². The maximum Gasteiger partial charge on any atom is 0.336 e. The highest BCUT2D eigenvalue weighted by Gasteiger charge is 2.32. The number of nitrogens with zero attached hydrogens (tertiary/aromatic N) is 4. The highest BCUT2D eigenvalue weighted by molar-refractivity contribution is 5.85. The number of hydrogen-bond acceptors (Lipinski definition) is 10. The molecule has 0 saturated carbocycles. The first-order chi connectivity index (χ1) is 16.6. The standard InChI is InChI=1S/C12H10O4.C9H6O4.ClH.H4N6/c1-12(2)15-9-5-7-3-4-11(13)14-8(7)6-10(9)16-12;10-6-3-5-1-2-9(12)13-8(5)4-7(6)11;;1-3-5-6-4-2/h3-6H,1-2H3;1-4,10-11H;1H;(H2,1,4,5)(H2,2,3,6). The van der Waals surface area contributed by atoms with Gasteiger partial charge in [0.15, 0.2) is 23.0 Å². The largest absolute Gasteiger partial charge is 0.504 e. The lowest BCUT2D eigenvalue weighted by atomic mass is 10.2. The molecule has 2 aromatic heterocycles. The molecule has 15 heteroatoms. The van der Waals surface area contributed by atoms with Crippen LogP contribution in [0.5, 0.6) is 23.0 Å². The zero-order valence-electron chi connectivity index (χ0n) is 18.8. The van der Waals surface area contributed by atoms with Crippen molar-refractivity contribution in [3.8, 4) is 23.0 Å². The zero-order chi connectivity index (χ0) is 25.6. The topological polar surface area (TPSA) is 221 Å². The molecule has 0 bridgehead atoms. The van der Waals surface area contributed by atoms with Crippen LogP contribution in [0.2, 0.25) is 0 Å². The maximum absolute atomic E-state index is 11.1. The molecule has 0 saturated heterocycles. The Labute approximate surface area is 207 Å². The van der Waals surface area contributed by atoms with Gasteiger partial charge >= 0.3 is 11.3 Å². The van der Waals surface area contributed by atoms with Gasteiger partial charge in [0.05, 0.1) is 0 Å². The average Bonchev–Trinajstić information content (AvgIpc) is 3.10. The fraction of sp³-hybridized carbons (Fsp3) is 0.143. The van der Waals surface area contributed by atoms with Crippen LogP contribution in [0.1, 0.15) is 13.8 Å². The van der Waals surface area contributed by atoms with Gasteiger partial charge in [-0.2, -0.15) is 0 Å². The fourth-order valence-electron chi connectivity index (χ4n) is 2.92. The van der Waals surface area contributed by atoms with Crippen molar-refractivity contribution in [3.63, 3.8) is 0 Å². The van der Waals surface area contributed by atoms with Crippen LogP contribution in [-0.4, -0.2) is 16.0 Å². The van der Waals surface area contributed by atoms with E-state index in [0.717, 1.165) is 5.39 Å². The molecule has 6 N–H and O–H groups in total. The third kappa shape index (κ3) is 6.83. The Morgan fingerprint density at radius 2 is 1.17 bits per heavy atom. The van der Waals surface area contributed by atoms with Gasteiger partial charge in [0.2, 0.25) is 5.79 Å². The van der Waals surface area contributed by atoms with Gasteiger partial charge in [0.1, 0.15) is 11.2 Å². The van der Waals surface area contributed by atoms with E-state index in [-0.39, 0.29) is 35.1 Å². The van der Waals surface area contributed by atoms with E-state index < -0.39 is 11.4 Å². The number of halogens is 1. The summed E-state index contributed by atoms with van der Waals surface area (Å²) >= 11 is 0. The van der Waals surface area contributed by atoms with Crippen LogP contribution in [0.4, 0.5) is 0 Å². The second-order valence-corrected chi connectivity index (χ2v) is 7.24. The van der Waals surface area contributed by atoms with E-state index in [4.69, 9.17) is 28.5 Å². The van der Waals surface area contributed by atoms with Crippen LogP contribution in [-0.2, 0) is 0 Å². The number of hydrogen-bond donors (Lipinski definition) is 4. The Hall–Kier alpha value is -4.85. The van der Waals surface area contributed by atoms with Crippen LogP contribution in [0, 0.1) is 0 Å². The minimum absolute atomic E-state index is 0. The van der Waals surface area contributed by atoms with E-state index in [0.29, 0.717) is 22.5 Å². The Morgan fingerprint density at radius 3 is 1.69 bits per heavy atom. The molecule has 0 radical (unpaired) electrons. The molecule has 0 spiro atoms. The van der Waals surface area contributed by atoms with Gasteiger partial charge in [-0.05, 0) is 34.7 Å². The summed E-state index contributed by atoms with van der Waals surface area (Å²) in [4.78, 5) is 21.8. The summed E-state index contributed by atoms with van der Waals surface area (Å²) < 4.78 is 21.0. The number of aromatic hydroxyl groups is 2. The van der Waals surface area contributed by atoms with E-state index >= 15 is 0 Å². The molecule has 0 fully saturated rings. The quantitative estimate of drug-likeness (QED) is 0.0939. The summed E-state index contributed by atoms with van der Waals surface area (Å²) in [6, 6.07) is 11.9. The van der Waals surface area contributed by atoms with E-state index in [1.54, 1.807) is 12.1 Å². The molecule has 5 rings (SSSR count). The number of ether oxygens (including phenoxy) is 2. The third-order valence-corrected chi connectivity index (χ3v) is 4.26. The summed E-state index contributed by atoms with van der Waals surface area (Å²) in [5.74, 6) is 9.00. The van der Waals surface area contributed by atoms with Crippen LogP contribution in [0.25, 0.3) is 21.9 Å². The number of phenolic OH excluding ortho intramolecular Hbond substituents is 2. The predicted molar refractivity (Wildman–Crippen MR) is 129 cm³/mol. The summed E-state index contributed by atoms with van der Waals surface area (Å²) in [6.45, 7) is 3.65. The molecule has 190 valence electrons. The molecule has 0 aliphatic carbocycles. The highest BCUT2D eigenvalue weighted by Crippen LogP contribution is 2.41. The molecule has 3 heterocycles. The van der Waals surface area contributed by atoms with Gasteiger partial charge in [-0.1, -0.05) is 10.4 Å². The van der Waals surface area contributed by atoms with Gasteiger partial charge in [0.25, 0.3) is 0 Å². The summed E-state index contributed by atoms with van der Waals surface area (Å²) in [7, 11) is 0. The van der Waals surface area contributed by atoms with Crippen LogP contribution >= 0.6 is 12.4 Å². The number of phenols is 2. The molecule has 0 unspecified atom stereocenters. The summed E-state index contributed by atoms with van der Waals surface area (Å²) in [5.41, 5.74) is -0.0986. The van der Waals surface area contributed by atoms with Gasteiger partial charge in [-0.15, -0.1) is 12.4 Å². The van der Waals surface area contributed by atoms with Crippen molar-refractivity contribution in [1.82, 2.24) is 0 Å². The first-order valence-electron chi connectivity index (χ1n) is 9.74. The maximum atomic E-state index is 11.1. The summed E-state index contributed by atoms with van der Waals surface area (Å²) in [6.07, 6.45) is 0. The lowest BCUT2D eigenvalue weighted by Gasteiger charge is -2.16. The number of benzene rings is 2. The van der Waals surface area contributed by atoms with E-state index in [2.05, 4.69) is 32.6 Å². The van der Waals surface area contributed by atoms with Crippen LogP contribution < -0.4 is 32.4 Å². The highest BCUT2D eigenvalue weighted by atomic mass is 35.5. The monoisotopic (exact) mass is 520 g/mol. The number of fused-ring (bicyclic) bond motifs is 3. The van der Waals surface area contributed by atoms with Crippen molar-refractivity contribution >= 4 is 34.3 Å². The van der Waals surface area contributed by atoms with Gasteiger partial charge in [-0.25, -0.2) is 9.59 Å². The van der Waals surface area contributed by atoms with E-state index in [9.17, 15) is 9.59 Å². The number of nitrogens with two attached hydrogens (primary N) is 2. The Morgan fingerprint density at radius 1 is 0.722 bits per heavy atom. The minimum atomic E-state index is -0.667. The van der Waals surface area contributed by atoms with Crippen molar-refractivity contribution < 1.29 is 28.5 Å². The van der Waals surface area contributed by atoms with Crippen LogP contribution in [0.15, 0.2) is 87.8 Å². The molecule has 14 nitrogen and oxygen atoms in total. The van der Waals surface area contributed by atoms with Crippen molar-refractivity contribution in [1.29, 1.82) is 0 Å². The second-order valence-electron chi connectivity index (χ2n) is 7.24. The zero-order valence-corrected chi connectivity index (χ0v) is 19.6.